The number of ketones is 1. The number of rotatable bonds is 4. The van der Waals surface area contributed by atoms with Crippen LogP contribution in [0.5, 0.6) is 0 Å². The minimum absolute atomic E-state index is 0.0305. The number of fused-ring (bicyclic) bond motifs is 1. The van der Waals surface area contributed by atoms with Crippen molar-refractivity contribution in [3.8, 4) is 0 Å². The Kier molecular flexibility index (Phi) is 4.63. The van der Waals surface area contributed by atoms with Gasteiger partial charge in [-0.05, 0) is 19.1 Å². The molecule has 1 aliphatic heterocycles. The van der Waals surface area contributed by atoms with Gasteiger partial charge in [-0.15, -0.1) is 0 Å². The fourth-order valence-electron chi connectivity index (χ4n) is 2.85. The standard InChI is InChI=1S/C19H14F3NO3/c1-11(24)13-6-8-16(18-14(13)7-9-17(25)23-18)26-10-12-4-2-3-5-15(12)19(20,21)22/h2-9,14H,10H2,1H3. The zero-order valence-electron chi connectivity index (χ0n) is 13.7. The van der Waals surface area contributed by atoms with Crippen molar-refractivity contribution in [3.63, 3.8) is 0 Å². The zero-order valence-corrected chi connectivity index (χ0v) is 13.7. The monoisotopic (exact) mass is 361 g/mol. The first-order valence-electron chi connectivity index (χ1n) is 7.79. The number of allylic oxidation sites excluding steroid dienone is 5. The minimum Gasteiger partial charge on any atom is -0.487 e. The van der Waals surface area contributed by atoms with Gasteiger partial charge in [0.1, 0.15) is 12.4 Å². The van der Waals surface area contributed by atoms with Crippen molar-refractivity contribution in [2.24, 2.45) is 10.9 Å². The molecule has 0 N–H and O–H groups in total. The Hall–Kier alpha value is -2.96. The van der Waals surface area contributed by atoms with Gasteiger partial charge in [0.2, 0.25) is 0 Å². The van der Waals surface area contributed by atoms with Crippen molar-refractivity contribution < 1.29 is 27.5 Å². The van der Waals surface area contributed by atoms with Crippen LogP contribution in [0.25, 0.3) is 0 Å². The maximum Gasteiger partial charge on any atom is 0.416 e. The van der Waals surface area contributed by atoms with Gasteiger partial charge in [-0.1, -0.05) is 30.4 Å². The number of alkyl halides is 3. The summed E-state index contributed by atoms with van der Waals surface area (Å²) in [6.45, 7) is 1.06. The fraction of sp³-hybridized carbons (Fsp3) is 0.211. The summed E-state index contributed by atoms with van der Waals surface area (Å²) in [7, 11) is 0. The highest BCUT2D eigenvalue weighted by atomic mass is 19.4. The second kappa shape index (κ2) is 6.74. The largest absolute Gasteiger partial charge is 0.487 e. The molecule has 0 bridgehead atoms. The first-order chi connectivity index (χ1) is 12.3. The summed E-state index contributed by atoms with van der Waals surface area (Å²) >= 11 is 0. The number of nitrogens with zero attached hydrogens (tertiary/aromatic N) is 1. The number of hydrogen-bond acceptors (Lipinski definition) is 3. The molecule has 0 spiro atoms. The molecule has 0 radical (unpaired) electrons. The minimum atomic E-state index is -4.49. The highest BCUT2D eigenvalue weighted by Crippen LogP contribution is 2.33. The van der Waals surface area contributed by atoms with Crippen LogP contribution in [0.2, 0.25) is 0 Å². The molecule has 1 atom stereocenters. The van der Waals surface area contributed by atoms with Crippen LogP contribution in [-0.4, -0.2) is 17.4 Å². The summed E-state index contributed by atoms with van der Waals surface area (Å²) in [4.78, 5) is 27.2. The van der Waals surface area contributed by atoms with Crippen molar-refractivity contribution in [2.75, 3.05) is 0 Å². The van der Waals surface area contributed by atoms with E-state index in [4.69, 9.17) is 4.74 Å². The van der Waals surface area contributed by atoms with E-state index in [9.17, 15) is 22.8 Å². The molecule has 1 unspecified atom stereocenters. The first kappa shape index (κ1) is 17.8. The van der Waals surface area contributed by atoms with E-state index < -0.39 is 23.6 Å². The normalized spacial score (nSPS) is 19.3. The Labute approximate surface area is 147 Å². The summed E-state index contributed by atoms with van der Waals surface area (Å²) in [6, 6.07) is 5.10. The van der Waals surface area contributed by atoms with Crippen molar-refractivity contribution >= 4 is 17.4 Å². The van der Waals surface area contributed by atoms with Crippen molar-refractivity contribution in [1.29, 1.82) is 0 Å². The number of halogens is 3. The summed E-state index contributed by atoms with van der Waals surface area (Å²) in [6.07, 6.45) is 1.29. The first-order valence-corrected chi connectivity index (χ1v) is 7.79. The smallest absolute Gasteiger partial charge is 0.416 e. The van der Waals surface area contributed by atoms with Gasteiger partial charge in [0.25, 0.3) is 5.91 Å². The third-order valence-corrected chi connectivity index (χ3v) is 4.07. The number of carbonyl (C=O) groups is 2. The molecule has 1 aromatic carbocycles. The molecule has 26 heavy (non-hydrogen) atoms. The quantitative estimate of drug-likeness (QED) is 0.820. The lowest BCUT2D eigenvalue weighted by molar-refractivity contribution is -0.138. The molecule has 7 heteroatoms. The molecule has 4 nitrogen and oxygen atoms in total. The second-order valence-corrected chi connectivity index (χ2v) is 5.82. The maximum atomic E-state index is 13.1. The Bertz CT molecular complexity index is 892. The van der Waals surface area contributed by atoms with Crippen LogP contribution in [0, 0.1) is 5.92 Å². The molecule has 2 aliphatic rings. The van der Waals surface area contributed by atoms with Crippen LogP contribution in [0.3, 0.4) is 0 Å². The van der Waals surface area contributed by atoms with Gasteiger partial charge in [-0.25, -0.2) is 4.99 Å². The number of ether oxygens (including phenoxy) is 1. The highest BCUT2D eigenvalue weighted by molar-refractivity contribution is 6.17. The lowest BCUT2D eigenvalue weighted by Gasteiger charge is -2.25. The Morgan fingerprint density at radius 1 is 1.23 bits per heavy atom. The average Bonchev–Trinajstić information content (AvgIpc) is 2.58. The number of carbonyl (C=O) groups excluding carboxylic acids is 2. The molecule has 0 saturated carbocycles. The topological polar surface area (TPSA) is 55.7 Å². The number of amides is 1. The second-order valence-electron chi connectivity index (χ2n) is 5.82. The number of aliphatic imine (C=N–C) groups is 1. The number of Topliss-reactive ketones (excluding diaryl/α,β-unsaturated/α-hetero) is 1. The molecule has 134 valence electrons. The van der Waals surface area contributed by atoms with Gasteiger partial charge in [0, 0.05) is 17.2 Å². The van der Waals surface area contributed by atoms with E-state index in [2.05, 4.69) is 4.99 Å². The van der Waals surface area contributed by atoms with Crippen LogP contribution in [0.15, 0.2) is 64.9 Å². The highest BCUT2D eigenvalue weighted by Gasteiger charge is 2.34. The predicted octanol–water partition coefficient (Wildman–Crippen LogP) is 3.79. The molecule has 0 aromatic heterocycles. The molecular formula is C19H14F3NO3. The van der Waals surface area contributed by atoms with E-state index in [0.717, 1.165) is 6.07 Å². The van der Waals surface area contributed by atoms with E-state index in [1.807, 2.05) is 0 Å². The molecular weight excluding hydrogens is 347 g/mol. The lowest BCUT2D eigenvalue weighted by atomic mass is 9.85. The van der Waals surface area contributed by atoms with Crippen LogP contribution in [-0.2, 0) is 27.1 Å². The molecule has 0 fully saturated rings. The number of dihydropyridines is 1. The van der Waals surface area contributed by atoms with Crippen LogP contribution in [0.4, 0.5) is 13.2 Å². The summed E-state index contributed by atoms with van der Waals surface area (Å²) in [5.41, 5.74) is -0.142. The van der Waals surface area contributed by atoms with Crippen LogP contribution < -0.4 is 0 Å². The third kappa shape index (κ3) is 3.51. The molecule has 0 saturated heterocycles. The van der Waals surface area contributed by atoms with Gasteiger partial charge >= 0.3 is 6.18 Å². The van der Waals surface area contributed by atoms with E-state index >= 15 is 0 Å². The van der Waals surface area contributed by atoms with Gasteiger partial charge in [0.05, 0.1) is 17.2 Å². The molecule has 1 aliphatic carbocycles. The summed E-state index contributed by atoms with van der Waals surface area (Å²) < 4.78 is 44.8. The van der Waals surface area contributed by atoms with Crippen molar-refractivity contribution in [1.82, 2.24) is 0 Å². The van der Waals surface area contributed by atoms with E-state index in [1.165, 1.54) is 49.4 Å². The predicted molar refractivity (Wildman–Crippen MR) is 88.2 cm³/mol. The van der Waals surface area contributed by atoms with E-state index in [0.29, 0.717) is 5.57 Å². The van der Waals surface area contributed by atoms with E-state index in [1.54, 1.807) is 0 Å². The lowest BCUT2D eigenvalue weighted by Crippen LogP contribution is -2.28. The number of hydrogen-bond donors (Lipinski definition) is 0. The average molecular weight is 361 g/mol. The SMILES string of the molecule is CC(=O)C1=CC=C(OCc2ccccc2C(F)(F)F)C2=NC(=O)C=CC12. The molecule has 1 aromatic rings. The summed E-state index contributed by atoms with van der Waals surface area (Å²) in [5, 5.41) is 0. The van der Waals surface area contributed by atoms with Crippen LogP contribution >= 0.6 is 0 Å². The Morgan fingerprint density at radius 2 is 1.96 bits per heavy atom. The maximum absolute atomic E-state index is 13.1. The molecule has 3 rings (SSSR count). The van der Waals surface area contributed by atoms with Gasteiger partial charge in [-0.3, -0.25) is 9.59 Å². The summed E-state index contributed by atoms with van der Waals surface area (Å²) in [5.74, 6) is -1.05. The van der Waals surface area contributed by atoms with Crippen molar-refractivity contribution in [2.45, 2.75) is 19.7 Å². The van der Waals surface area contributed by atoms with Gasteiger partial charge < -0.3 is 4.74 Å². The van der Waals surface area contributed by atoms with Gasteiger partial charge in [-0.2, -0.15) is 13.2 Å². The van der Waals surface area contributed by atoms with E-state index in [-0.39, 0.29) is 29.4 Å². The fourth-order valence-corrected chi connectivity index (χ4v) is 2.85. The van der Waals surface area contributed by atoms with Gasteiger partial charge in [0.15, 0.2) is 5.78 Å². The Balaban J connectivity index is 1.89. The third-order valence-electron chi connectivity index (χ3n) is 4.07. The Morgan fingerprint density at radius 3 is 2.65 bits per heavy atom. The zero-order chi connectivity index (χ0) is 18.9. The molecule has 1 amide bonds. The number of benzene rings is 1. The van der Waals surface area contributed by atoms with Crippen molar-refractivity contribution in [3.05, 3.63) is 71.0 Å². The van der Waals surface area contributed by atoms with Crippen LogP contribution in [0.1, 0.15) is 18.1 Å². The molecule has 1 heterocycles.